The number of hydrogen-bond donors (Lipinski definition) is 1. The maximum absolute atomic E-state index is 12.3. The van der Waals surface area contributed by atoms with E-state index in [9.17, 15) is 4.79 Å². The summed E-state index contributed by atoms with van der Waals surface area (Å²) in [5, 5.41) is 3.11. The van der Waals surface area contributed by atoms with E-state index in [-0.39, 0.29) is 5.91 Å². The molecule has 1 aromatic rings. The van der Waals surface area contributed by atoms with Crippen molar-refractivity contribution in [3.8, 4) is 0 Å². The zero-order valence-corrected chi connectivity index (χ0v) is 13.6. The molecule has 1 aromatic carbocycles. The summed E-state index contributed by atoms with van der Waals surface area (Å²) in [5.74, 6) is 0.579. The minimum Gasteiger partial charge on any atom is -0.325 e. The Morgan fingerprint density at radius 2 is 2.14 bits per heavy atom. The van der Waals surface area contributed by atoms with Crippen LogP contribution >= 0.6 is 0 Å². The number of carbonyl (C=O) groups excluding carboxylic acids is 1. The largest absolute Gasteiger partial charge is 0.325 e. The van der Waals surface area contributed by atoms with E-state index in [1.807, 2.05) is 18.2 Å². The van der Waals surface area contributed by atoms with Gasteiger partial charge in [-0.25, -0.2) is 0 Å². The molecule has 1 aliphatic heterocycles. The van der Waals surface area contributed by atoms with Gasteiger partial charge in [-0.2, -0.15) is 0 Å². The van der Waals surface area contributed by atoms with E-state index in [1.165, 1.54) is 24.8 Å². The van der Waals surface area contributed by atoms with E-state index >= 15 is 0 Å². The van der Waals surface area contributed by atoms with Crippen LogP contribution in [0.4, 0.5) is 5.69 Å². The predicted octanol–water partition coefficient (Wildman–Crippen LogP) is 4.01. The molecule has 1 N–H and O–H groups in total. The highest BCUT2D eigenvalue weighted by Crippen LogP contribution is 2.26. The van der Waals surface area contributed by atoms with E-state index in [4.69, 9.17) is 0 Å². The lowest BCUT2D eigenvalue weighted by Gasteiger charge is -2.32. The van der Waals surface area contributed by atoms with E-state index in [2.05, 4.69) is 37.1 Å². The molecule has 21 heavy (non-hydrogen) atoms. The summed E-state index contributed by atoms with van der Waals surface area (Å²) < 4.78 is 0. The standard InChI is InChI=1S/C18H28N2O/c1-4-14(2)16-10-5-6-11-17(16)19-18(21)13-20-12-8-7-9-15(20)3/h5-6,10-11,14-15H,4,7-9,12-13H2,1-3H3,(H,19,21)/t14-,15-/m1/s1. The molecule has 0 unspecified atom stereocenters. The van der Waals surface area contributed by atoms with Crippen LogP contribution in [0.5, 0.6) is 0 Å². The van der Waals surface area contributed by atoms with E-state index < -0.39 is 0 Å². The van der Waals surface area contributed by atoms with Crippen LogP contribution in [-0.4, -0.2) is 29.9 Å². The average Bonchev–Trinajstić information content (AvgIpc) is 2.49. The maximum Gasteiger partial charge on any atom is 0.238 e. The number of nitrogens with zero attached hydrogens (tertiary/aromatic N) is 1. The highest BCUT2D eigenvalue weighted by Gasteiger charge is 2.21. The van der Waals surface area contributed by atoms with E-state index in [1.54, 1.807) is 0 Å². The SMILES string of the molecule is CC[C@@H](C)c1ccccc1NC(=O)CN1CCCC[C@H]1C. The molecule has 0 radical (unpaired) electrons. The van der Waals surface area contributed by atoms with Gasteiger partial charge >= 0.3 is 0 Å². The second-order valence-electron chi connectivity index (χ2n) is 6.26. The van der Waals surface area contributed by atoms with Gasteiger partial charge < -0.3 is 5.32 Å². The van der Waals surface area contributed by atoms with Crippen LogP contribution < -0.4 is 5.32 Å². The van der Waals surface area contributed by atoms with Crippen LogP contribution in [0.3, 0.4) is 0 Å². The van der Waals surface area contributed by atoms with Crippen molar-refractivity contribution in [3.05, 3.63) is 29.8 Å². The topological polar surface area (TPSA) is 32.3 Å². The Hall–Kier alpha value is -1.35. The zero-order valence-electron chi connectivity index (χ0n) is 13.6. The molecule has 0 spiro atoms. The normalized spacial score (nSPS) is 21.0. The molecule has 1 saturated heterocycles. The van der Waals surface area contributed by atoms with Crippen LogP contribution in [0.25, 0.3) is 0 Å². The molecule has 2 rings (SSSR count). The lowest BCUT2D eigenvalue weighted by atomic mass is 9.97. The number of rotatable bonds is 5. The molecule has 1 aliphatic rings. The Morgan fingerprint density at radius 3 is 2.86 bits per heavy atom. The first-order valence-corrected chi connectivity index (χ1v) is 8.24. The highest BCUT2D eigenvalue weighted by molar-refractivity contribution is 5.93. The summed E-state index contributed by atoms with van der Waals surface area (Å²) >= 11 is 0. The summed E-state index contributed by atoms with van der Waals surface area (Å²) in [4.78, 5) is 14.6. The number of para-hydroxylation sites is 1. The molecular formula is C18H28N2O. The summed E-state index contributed by atoms with van der Waals surface area (Å²) in [7, 11) is 0. The summed E-state index contributed by atoms with van der Waals surface area (Å²) in [5.41, 5.74) is 2.21. The van der Waals surface area contributed by atoms with Crippen molar-refractivity contribution >= 4 is 11.6 Å². The van der Waals surface area contributed by atoms with E-state index in [0.29, 0.717) is 18.5 Å². The number of hydrogen-bond acceptors (Lipinski definition) is 2. The molecule has 0 aliphatic carbocycles. The van der Waals surface area contributed by atoms with E-state index in [0.717, 1.165) is 18.7 Å². The Bertz CT molecular complexity index is 472. The van der Waals surface area contributed by atoms with Gasteiger partial charge in [0.25, 0.3) is 0 Å². The van der Waals surface area contributed by atoms with Gasteiger partial charge in [0.15, 0.2) is 0 Å². The molecule has 0 bridgehead atoms. The quantitative estimate of drug-likeness (QED) is 0.887. The van der Waals surface area contributed by atoms with Gasteiger partial charge in [0.05, 0.1) is 6.54 Å². The average molecular weight is 288 g/mol. The lowest BCUT2D eigenvalue weighted by molar-refractivity contribution is -0.118. The molecule has 3 heteroatoms. The number of piperidine rings is 1. The molecule has 1 amide bonds. The predicted molar refractivity (Wildman–Crippen MR) is 88.7 cm³/mol. The minimum atomic E-state index is 0.111. The van der Waals surface area contributed by atoms with Crippen molar-refractivity contribution in [1.82, 2.24) is 4.90 Å². The van der Waals surface area contributed by atoms with Crippen molar-refractivity contribution in [2.75, 3.05) is 18.4 Å². The van der Waals surface area contributed by atoms with Gasteiger partial charge in [-0.1, -0.05) is 38.5 Å². The number of nitrogens with one attached hydrogen (secondary N) is 1. The van der Waals surface area contributed by atoms with Crippen molar-refractivity contribution in [2.45, 2.75) is 58.4 Å². The van der Waals surface area contributed by atoms with Crippen LogP contribution in [0.1, 0.15) is 57.9 Å². The Kier molecular flexibility index (Phi) is 5.80. The summed E-state index contributed by atoms with van der Waals surface area (Å²) in [6.45, 7) is 8.16. The lowest BCUT2D eigenvalue weighted by Crippen LogP contribution is -2.42. The molecular weight excluding hydrogens is 260 g/mol. The van der Waals surface area contributed by atoms with Gasteiger partial charge in [-0.15, -0.1) is 0 Å². The van der Waals surface area contributed by atoms with Crippen molar-refractivity contribution < 1.29 is 4.79 Å². The van der Waals surface area contributed by atoms with Crippen molar-refractivity contribution in [3.63, 3.8) is 0 Å². The maximum atomic E-state index is 12.3. The van der Waals surface area contributed by atoms with Crippen molar-refractivity contribution in [1.29, 1.82) is 0 Å². The van der Waals surface area contributed by atoms with Crippen LogP contribution in [-0.2, 0) is 4.79 Å². The van der Waals surface area contributed by atoms with Crippen molar-refractivity contribution in [2.24, 2.45) is 0 Å². The third-order valence-corrected chi connectivity index (χ3v) is 4.67. The number of anilines is 1. The van der Waals surface area contributed by atoms with Crippen LogP contribution in [0.15, 0.2) is 24.3 Å². The molecule has 0 saturated carbocycles. The third-order valence-electron chi connectivity index (χ3n) is 4.67. The fraction of sp³-hybridized carbons (Fsp3) is 0.611. The second kappa shape index (κ2) is 7.60. The van der Waals surface area contributed by atoms with Gasteiger partial charge in [-0.05, 0) is 50.3 Å². The Labute approximate surface area is 128 Å². The third kappa shape index (κ3) is 4.31. The van der Waals surface area contributed by atoms with Crippen LogP contribution in [0, 0.1) is 0 Å². The smallest absolute Gasteiger partial charge is 0.238 e. The molecule has 1 fully saturated rings. The number of likely N-dealkylation sites (tertiary alicyclic amines) is 1. The molecule has 3 nitrogen and oxygen atoms in total. The Morgan fingerprint density at radius 1 is 1.38 bits per heavy atom. The van der Waals surface area contributed by atoms with Gasteiger partial charge in [-0.3, -0.25) is 9.69 Å². The van der Waals surface area contributed by atoms with Gasteiger partial charge in [0.1, 0.15) is 0 Å². The fourth-order valence-electron chi connectivity index (χ4n) is 3.03. The zero-order chi connectivity index (χ0) is 15.2. The molecule has 1 heterocycles. The Balaban J connectivity index is 1.99. The number of carbonyl (C=O) groups is 1. The second-order valence-corrected chi connectivity index (χ2v) is 6.26. The summed E-state index contributed by atoms with van der Waals surface area (Å²) in [6, 6.07) is 8.69. The molecule has 0 aromatic heterocycles. The first-order chi connectivity index (χ1) is 10.1. The van der Waals surface area contributed by atoms with Crippen LogP contribution in [0.2, 0.25) is 0 Å². The molecule has 116 valence electrons. The molecule has 2 atom stereocenters. The minimum absolute atomic E-state index is 0.111. The fourth-order valence-corrected chi connectivity index (χ4v) is 3.03. The number of benzene rings is 1. The van der Waals surface area contributed by atoms with Gasteiger partial charge in [0.2, 0.25) is 5.91 Å². The number of amides is 1. The first kappa shape index (κ1) is 16.0. The summed E-state index contributed by atoms with van der Waals surface area (Å²) in [6.07, 6.45) is 4.78. The monoisotopic (exact) mass is 288 g/mol. The van der Waals surface area contributed by atoms with Gasteiger partial charge in [0, 0.05) is 11.7 Å². The first-order valence-electron chi connectivity index (χ1n) is 8.24. The highest BCUT2D eigenvalue weighted by atomic mass is 16.2.